The van der Waals surface area contributed by atoms with E-state index in [0.717, 1.165) is 26.1 Å². The number of H-pyrrole nitrogens is 1. The van der Waals surface area contributed by atoms with Gasteiger partial charge in [-0.15, -0.1) is 0 Å². The highest BCUT2D eigenvalue weighted by molar-refractivity contribution is 5.28. The summed E-state index contributed by atoms with van der Waals surface area (Å²) in [5, 5.41) is 6.69. The Hall–Kier alpha value is -1.42. The molecule has 1 aromatic heterocycles. The Morgan fingerprint density at radius 2 is 2.27 bits per heavy atom. The molecule has 0 unspecified atom stereocenters. The van der Waals surface area contributed by atoms with Crippen LogP contribution in [-0.4, -0.2) is 29.5 Å². The van der Waals surface area contributed by atoms with E-state index in [-0.39, 0.29) is 0 Å². The van der Waals surface area contributed by atoms with E-state index in [9.17, 15) is 0 Å². The van der Waals surface area contributed by atoms with Crippen molar-refractivity contribution in [2.45, 2.75) is 6.42 Å². The summed E-state index contributed by atoms with van der Waals surface area (Å²) in [4.78, 5) is 5.60. The molecule has 15 heavy (non-hydrogen) atoms. The van der Waals surface area contributed by atoms with Gasteiger partial charge in [-0.25, -0.2) is 0 Å². The molecule has 0 atom stereocenters. The average Bonchev–Trinajstić information content (AvgIpc) is 3.01. The second-order valence-corrected chi connectivity index (χ2v) is 3.85. The van der Waals surface area contributed by atoms with Crippen molar-refractivity contribution in [1.82, 2.24) is 20.5 Å². The van der Waals surface area contributed by atoms with Gasteiger partial charge < -0.3 is 15.2 Å². The fourth-order valence-corrected chi connectivity index (χ4v) is 2.17. The lowest BCUT2D eigenvalue weighted by molar-refractivity contribution is 0.424. The molecule has 1 aromatic rings. The molecule has 0 spiro atoms. The van der Waals surface area contributed by atoms with E-state index < -0.39 is 0 Å². The predicted octanol–water partition coefficient (Wildman–Crippen LogP) is 0.592. The number of rotatable bonds is 2. The number of hydrogen-bond acceptors (Lipinski definition) is 3. The van der Waals surface area contributed by atoms with Crippen molar-refractivity contribution in [3.8, 4) is 0 Å². The maximum atomic E-state index is 3.43. The summed E-state index contributed by atoms with van der Waals surface area (Å²) in [7, 11) is 0. The third-order valence-corrected chi connectivity index (χ3v) is 2.89. The molecule has 4 heteroatoms. The third-order valence-electron chi connectivity index (χ3n) is 2.89. The first kappa shape index (κ1) is 8.85. The van der Waals surface area contributed by atoms with Crippen LogP contribution < -0.4 is 10.6 Å². The molecule has 1 radical (unpaired) electrons. The Labute approximate surface area is 89.4 Å². The van der Waals surface area contributed by atoms with Gasteiger partial charge in [0.15, 0.2) is 6.17 Å². The SMILES string of the molecule is C1=C(N2CCN[C]2c2ccc[nH]2)CCN1. The van der Waals surface area contributed by atoms with Crippen molar-refractivity contribution in [1.29, 1.82) is 0 Å². The van der Waals surface area contributed by atoms with Crippen LogP contribution in [0.3, 0.4) is 0 Å². The minimum absolute atomic E-state index is 1.02. The molecule has 2 aliphatic heterocycles. The van der Waals surface area contributed by atoms with Crippen LogP contribution >= 0.6 is 0 Å². The van der Waals surface area contributed by atoms with Crippen LogP contribution in [0.1, 0.15) is 12.1 Å². The largest absolute Gasteiger partial charge is 0.389 e. The van der Waals surface area contributed by atoms with Crippen LogP contribution in [-0.2, 0) is 0 Å². The van der Waals surface area contributed by atoms with Crippen LogP contribution in [0.4, 0.5) is 0 Å². The highest BCUT2D eigenvalue weighted by Crippen LogP contribution is 2.25. The Balaban J connectivity index is 1.83. The van der Waals surface area contributed by atoms with Gasteiger partial charge >= 0.3 is 0 Å². The van der Waals surface area contributed by atoms with Crippen molar-refractivity contribution in [3.63, 3.8) is 0 Å². The Bertz CT molecular complexity index is 355. The summed E-state index contributed by atoms with van der Waals surface area (Å²) in [6, 6.07) is 4.13. The molecule has 0 saturated carbocycles. The quantitative estimate of drug-likeness (QED) is 0.659. The molecule has 0 aromatic carbocycles. The molecular formula is C11H15N4. The smallest absolute Gasteiger partial charge is 0.176 e. The molecule has 0 aliphatic carbocycles. The highest BCUT2D eigenvalue weighted by atomic mass is 15.3. The molecule has 1 fully saturated rings. The topological polar surface area (TPSA) is 43.1 Å². The van der Waals surface area contributed by atoms with Gasteiger partial charge in [-0.05, 0) is 12.1 Å². The summed E-state index contributed by atoms with van der Waals surface area (Å²) in [5.74, 6) is 0. The Kier molecular flexibility index (Phi) is 2.14. The predicted molar refractivity (Wildman–Crippen MR) is 58.5 cm³/mol. The van der Waals surface area contributed by atoms with Crippen LogP contribution in [0, 0.1) is 6.17 Å². The molecule has 2 aliphatic rings. The molecule has 1 saturated heterocycles. The molecular weight excluding hydrogens is 188 g/mol. The fraction of sp³-hybridized carbons (Fsp3) is 0.364. The number of aromatic nitrogens is 1. The van der Waals surface area contributed by atoms with Gasteiger partial charge in [0, 0.05) is 44.1 Å². The second-order valence-electron chi connectivity index (χ2n) is 3.85. The van der Waals surface area contributed by atoms with E-state index in [1.807, 2.05) is 12.3 Å². The van der Waals surface area contributed by atoms with E-state index >= 15 is 0 Å². The van der Waals surface area contributed by atoms with Crippen LogP contribution in [0.2, 0.25) is 0 Å². The van der Waals surface area contributed by atoms with Gasteiger partial charge in [0.1, 0.15) is 0 Å². The zero-order valence-electron chi connectivity index (χ0n) is 8.59. The lowest BCUT2D eigenvalue weighted by Gasteiger charge is -2.24. The standard InChI is InChI=1S/C11H15N4/c1-2-10(13-4-1)11-14-6-7-15(11)9-3-5-12-8-9/h1-2,4,8,12-14H,3,5-7H2. The van der Waals surface area contributed by atoms with Crippen LogP contribution in [0.25, 0.3) is 0 Å². The monoisotopic (exact) mass is 203 g/mol. The molecule has 4 nitrogen and oxygen atoms in total. The van der Waals surface area contributed by atoms with Gasteiger partial charge in [0.2, 0.25) is 0 Å². The maximum Gasteiger partial charge on any atom is 0.176 e. The third kappa shape index (κ3) is 1.51. The van der Waals surface area contributed by atoms with Gasteiger partial charge in [-0.2, -0.15) is 0 Å². The van der Waals surface area contributed by atoms with Gasteiger partial charge in [0.25, 0.3) is 0 Å². The van der Waals surface area contributed by atoms with Gasteiger partial charge in [0.05, 0.1) is 5.69 Å². The summed E-state index contributed by atoms with van der Waals surface area (Å²) < 4.78 is 0. The zero-order valence-corrected chi connectivity index (χ0v) is 8.59. The first-order chi connectivity index (χ1) is 7.45. The van der Waals surface area contributed by atoms with Crippen LogP contribution in [0.15, 0.2) is 30.2 Å². The summed E-state index contributed by atoms with van der Waals surface area (Å²) in [6.07, 6.45) is 6.40. The Morgan fingerprint density at radius 3 is 3.00 bits per heavy atom. The first-order valence-corrected chi connectivity index (χ1v) is 5.40. The molecule has 0 amide bonds. The average molecular weight is 203 g/mol. The van der Waals surface area contributed by atoms with E-state index in [2.05, 4.69) is 32.8 Å². The second kappa shape index (κ2) is 3.62. The van der Waals surface area contributed by atoms with Crippen molar-refractivity contribution in [3.05, 3.63) is 42.1 Å². The van der Waals surface area contributed by atoms with Crippen molar-refractivity contribution >= 4 is 0 Å². The van der Waals surface area contributed by atoms with Gasteiger partial charge in [-0.1, -0.05) is 0 Å². The summed E-state index contributed by atoms with van der Waals surface area (Å²) in [5.41, 5.74) is 2.55. The van der Waals surface area contributed by atoms with E-state index in [1.54, 1.807) is 0 Å². The maximum absolute atomic E-state index is 3.43. The minimum atomic E-state index is 1.02. The molecule has 3 N–H and O–H groups in total. The molecule has 79 valence electrons. The Morgan fingerprint density at radius 1 is 1.27 bits per heavy atom. The van der Waals surface area contributed by atoms with Crippen molar-refractivity contribution in [2.75, 3.05) is 19.6 Å². The van der Waals surface area contributed by atoms with Crippen molar-refractivity contribution in [2.24, 2.45) is 0 Å². The summed E-state index contributed by atoms with van der Waals surface area (Å²) in [6.45, 7) is 3.14. The summed E-state index contributed by atoms with van der Waals surface area (Å²) >= 11 is 0. The number of aromatic amines is 1. The lowest BCUT2D eigenvalue weighted by Crippen LogP contribution is -2.27. The lowest BCUT2D eigenvalue weighted by atomic mass is 10.2. The van der Waals surface area contributed by atoms with Gasteiger partial charge in [-0.3, -0.25) is 5.32 Å². The number of nitrogens with zero attached hydrogens (tertiary/aromatic N) is 1. The van der Waals surface area contributed by atoms with E-state index in [0.29, 0.717) is 0 Å². The number of hydrogen-bond donors (Lipinski definition) is 3. The van der Waals surface area contributed by atoms with Crippen LogP contribution in [0.5, 0.6) is 0 Å². The minimum Gasteiger partial charge on any atom is -0.389 e. The van der Waals surface area contributed by atoms with E-state index in [4.69, 9.17) is 0 Å². The van der Waals surface area contributed by atoms with E-state index in [1.165, 1.54) is 17.6 Å². The van der Waals surface area contributed by atoms with Crippen molar-refractivity contribution < 1.29 is 0 Å². The number of nitrogens with one attached hydrogen (secondary N) is 3. The zero-order chi connectivity index (χ0) is 10.1. The first-order valence-electron chi connectivity index (χ1n) is 5.40. The molecule has 3 rings (SSSR count). The fourth-order valence-electron chi connectivity index (χ4n) is 2.17. The normalized spacial score (nSPS) is 21.9. The molecule has 0 bridgehead atoms. The molecule has 3 heterocycles. The highest BCUT2D eigenvalue weighted by Gasteiger charge is 2.29.